The molecular formula is C26H35NO. The number of ether oxygens (including phenoxy) is 1. The molecule has 0 spiro atoms. The van der Waals surface area contributed by atoms with Crippen molar-refractivity contribution in [3.63, 3.8) is 0 Å². The first kappa shape index (κ1) is 20.7. The minimum atomic E-state index is -0.219. The molecule has 0 aromatic heterocycles. The van der Waals surface area contributed by atoms with Gasteiger partial charge in [0.2, 0.25) is 0 Å². The lowest BCUT2D eigenvalue weighted by molar-refractivity contribution is 0.0999. The van der Waals surface area contributed by atoms with Crippen LogP contribution in [-0.2, 0) is 0 Å². The van der Waals surface area contributed by atoms with E-state index in [9.17, 15) is 0 Å². The van der Waals surface area contributed by atoms with E-state index in [0.717, 1.165) is 38.0 Å². The largest absolute Gasteiger partial charge is 0.487 e. The average molecular weight is 378 g/mol. The van der Waals surface area contributed by atoms with Gasteiger partial charge in [0.1, 0.15) is 11.4 Å². The van der Waals surface area contributed by atoms with Crippen molar-refractivity contribution in [2.45, 2.75) is 72.8 Å². The Kier molecular flexibility index (Phi) is 6.00. The van der Waals surface area contributed by atoms with E-state index < -0.39 is 0 Å². The highest BCUT2D eigenvalue weighted by Crippen LogP contribution is 2.42. The van der Waals surface area contributed by atoms with Gasteiger partial charge < -0.3 is 10.5 Å². The Labute approximate surface area is 170 Å². The van der Waals surface area contributed by atoms with Gasteiger partial charge in [-0.1, -0.05) is 30.2 Å². The number of aryl methyl sites for hydroxylation is 4. The summed E-state index contributed by atoms with van der Waals surface area (Å²) in [6.07, 6.45) is 4.42. The van der Waals surface area contributed by atoms with Gasteiger partial charge in [0, 0.05) is 10.8 Å². The smallest absolute Gasteiger partial charge is 0.136 e. The third kappa shape index (κ3) is 4.17. The van der Waals surface area contributed by atoms with E-state index in [2.05, 4.69) is 71.9 Å². The van der Waals surface area contributed by atoms with Gasteiger partial charge >= 0.3 is 0 Å². The molecule has 0 radical (unpaired) electrons. The molecule has 0 aliphatic heterocycles. The first-order valence-corrected chi connectivity index (χ1v) is 10.6. The van der Waals surface area contributed by atoms with Crippen LogP contribution in [-0.4, -0.2) is 12.1 Å². The Morgan fingerprint density at radius 2 is 1.50 bits per heavy atom. The number of fused-ring (bicyclic) bond motifs is 2. The van der Waals surface area contributed by atoms with Crippen LogP contribution < -0.4 is 10.5 Å². The molecule has 0 atom stereocenters. The summed E-state index contributed by atoms with van der Waals surface area (Å²) in [7, 11) is 0. The predicted octanol–water partition coefficient (Wildman–Crippen LogP) is 6.90. The normalized spacial score (nSPS) is 12.1. The number of hydrogen-bond donors (Lipinski definition) is 1. The Balaban J connectivity index is 2.18. The van der Waals surface area contributed by atoms with Crippen molar-refractivity contribution >= 4 is 21.5 Å². The molecule has 0 saturated carbocycles. The summed E-state index contributed by atoms with van der Waals surface area (Å²) >= 11 is 0. The van der Waals surface area contributed by atoms with Gasteiger partial charge in [-0.25, -0.2) is 0 Å². The number of rotatable bonds is 7. The van der Waals surface area contributed by atoms with Crippen LogP contribution in [0.1, 0.15) is 61.8 Å². The molecule has 0 saturated heterocycles. The van der Waals surface area contributed by atoms with Crippen LogP contribution in [0.25, 0.3) is 21.5 Å². The molecule has 0 aliphatic carbocycles. The summed E-state index contributed by atoms with van der Waals surface area (Å²) in [5.41, 5.74) is 10.6. The predicted molar refractivity (Wildman–Crippen MR) is 123 cm³/mol. The highest BCUT2D eigenvalue weighted by Gasteiger charge is 2.23. The second kappa shape index (κ2) is 8.13. The molecule has 0 fully saturated rings. The molecule has 3 aromatic carbocycles. The van der Waals surface area contributed by atoms with Gasteiger partial charge in [-0.2, -0.15) is 0 Å². The van der Waals surface area contributed by atoms with Crippen molar-refractivity contribution in [2.24, 2.45) is 5.73 Å². The summed E-state index contributed by atoms with van der Waals surface area (Å²) in [6, 6.07) is 11.3. The van der Waals surface area contributed by atoms with Crippen LogP contribution in [0.4, 0.5) is 0 Å². The first-order chi connectivity index (χ1) is 13.2. The van der Waals surface area contributed by atoms with Crippen LogP contribution in [0.3, 0.4) is 0 Å². The zero-order valence-electron chi connectivity index (χ0n) is 18.4. The fourth-order valence-corrected chi connectivity index (χ4v) is 4.26. The minimum Gasteiger partial charge on any atom is -0.487 e. The van der Waals surface area contributed by atoms with E-state index >= 15 is 0 Å². The maximum Gasteiger partial charge on any atom is 0.136 e. The number of hydrogen-bond acceptors (Lipinski definition) is 2. The second-order valence-electron chi connectivity index (χ2n) is 8.97. The first-order valence-electron chi connectivity index (χ1n) is 10.6. The molecule has 0 bridgehead atoms. The Bertz CT molecular complexity index is 1000. The van der Waals surface area contributed by atoms with Crippen molar-refractivity contribution in [1.82, 2.24) is 0 Å². The number of unbranched alkanes of at least 4 members (excludes halogenated alkanes) is 2. The fraction of sp³-hybridized carbons (Fsp3) is 0.462. The summed E-state index contributed by atoms with van der Waals surface area (Å²) in [4.78, 5) is 0. The molecule has 0 unspecified atom stereocenters. The molecule has 150 valence electrons. The monoisotopic (exact) mass is 377 g/mol. The fourth-order valence-electron chi connectivity index (χ4n) is 4.26. The topological polar surface area (TPSA) is 35.2 Å². The van der Waals surface area contributed by atoms with E-state index in [-0.39, 0.29) is 5.60 Å². The van der Waals surface area contributed by atoms with Crippen LogP contribution in [0, 0.1) is 27.7 Å². The van der Waals surface area contributed by atoms with Crippen LogP contribution in [0.5, 0.6) is 5.75 Å². The van der Waals surface area contributed by atoms with Gasteiger partial charge in [0.25, 0.3) is 0 Å². The second-order valence-corrected chi connectivity index (χ2v) is 8.97. The average Bonchev–Trinajstić information content (AvgIpc) is 2.62. The molecule has 3 aromatic rings. The molecular weight excluding hydrogens is 342 g/mol. The third-order valence-corrected chi connectivity index (χ3v) is 5.82. The lowest BCUT2D eigenvalue weighted by atomic mass is 9.92. The van der Waals surface area contributed by atoms with Gasteiger partial charge in [-0.15, -0.1) is 0 Å². The summed E-state index contributed by atoms with van der Waals surface area (Å²) in [5, 5.41) is 5.08. The molecule has 0 heterocycles. The summed E-state index contributed by atoms with van der Waals surface area (Å²) in [6.45, 7) is 14.0. The van der Waals surface area contributed by atoms with Crippen LogP contribution in [0.15, 0.2) is 30.3 Å². The van der Waals surface area contributed by atoms with Gasteiger partial charge in [-0.3, -0.25) is 0 Å². The van der Waals surface area contributed by atoms with Crippen LogP contribution >= 0.6 is 0 Å². The van der Waals surface area contributed by atoms with E-state index in [1.807, 2.05) is 0 Å². The number of nitrogens with two attached hydrogens (primary N) is 1. The SMILES string of the molecule is Cc1cc(C)c2cc3c(C)ccc(C)c3c(OC(C)(C)CCCCCN)c2c1. The minimum absolute atomic E-state index is 0.219. The molecule has 2 heteroatoms. The zero-order chi connectivity index (χ0) is 20.5. The van der Waals surface area contributed by atoms with Crippen molar-refractivity contribution < 1.29 is 4.74 Å². The van der Waals surface area contributed by atoms with E-state index in [4.69, 9.17) is 10.5 Å². The quantitative estimate of drug-likeness (QED) is 0.359. The standard InChI is InChI=1S/C26H35NO/c1-17-14-20(4)21-16-22-18(2)10-11-19(3)24(22)25(23(21)15-17)28-26(5,6)12-8-7-9-13-27/h10-11,14-16H,7-9,12-13,27H2,1-6H3. The highest BCUT2D eigenvalue weighted by atomic mass is 16.5. The summed E-state index contributed by atoms with van der Waals surface area (Å²) < 4.78 is 6.82. The van der Waals surface area contributed by atoms with Crippen LogP contribution in [0.2, 0.25) is 0 Å². The Hall–Kier alpha value is -2.06. The lowest BCUT2D eigenvalue weighted by Gasteiger charge is -2.29. The molecule has 0 amide bonds. The molecule has 2 N–H and O–H groups in total. The lowest BCUT2D eigenvalue weighted by Crippen LogP contribution is -2.28. The van der Waals surface area contributed by atoms with E-state index in [0.29, 0.717) is 0 Å². The van der Waals surface area contributed by atoms with Crippen molar-refractivity contribution in [3.8, 4) is 5.75 Å². The van der Waals surface area contributed by atoms with Crippen molar-refractivity contribution in [1.29, 1.82) is 0 Å². The van der Waals surface area contributed by atoms with Gasteiger partial charge in [0.15, 0.2) is 0 Å². The summed E-state index contributed by atoms with van der Waals surface area (Å²) in [5.74, 6) is 1.05. The third-order valence-electron chi connectivity index (χ3n) is 5.82. The molecule has 0 aliphatic rings. The maximum absolute atomic E-state index is 6.82. The van der Waals surface area contributed by atoms with E-state index in [1.165, 1.54) is 43.8 Å². The Morgan fingerprint density at radius 3 is 2.21 bits per heavy atom. The number of benzene rings is 3. The Morgan fingerprint density at radius 1 is 0.786 bits per heavy atom. The molecule has 3 rings (SSSR count). The van der Waals surface area contributed by atoms with Crippen molar-refractivity contribution in [2.75, 3.05) is 6.54 Å². The maximum atomic E-state index is 6.82. The van der Waals surface area contributed by atoms with Crippen molar-refractivity contribution in [3.05, 3.63) is 52.6 Å². The van der Waals surface area contributed by atoms with E-state index in [1.54, 1.807) is 0 Å². The molecule has 2 nitrogen and oxygen atoms in total. The highest BCUT2D eigenvalue weighted by molar-refractivity contribution is 6.08. The molecule has 28 heavy (non-hydrogen) atoms. The van der Waals surface area contributed by atoms with Gasteiger partial charge in [-0.05, 0) is 107 Å². The van der Waals surface area contributed by atoms with Gasteiger partial charge in [0.05, 0.1) is 0 Å². The zero-order valence-corrected chi connectivity index (χ0v) is 18.4.